The Bertz CT molecular complexity index is 5420. The number of thioether (sulfide) groups is 2. The van der Waals surface area contributed by atoms with Crippen molar-refractivity contribution in [2.24, 2.45) is 0 Å². The van der Waals surface area contributed by atoms with E-state index in [1.165, 1.54) is 65.8 Å². The third kappa shape index (κ3) is 15.2. The molecule has 0 aromatic heterocycles. The summed E-state index contributed by atoms with van der Waals surface area (Å²) in [4.78, 5) is 86.6. The second-order valence-electron chi connectivity index (χ2n) is 31.9. The van der Waals surface area contributed by atoms with E-state index in [-0.39, 0.29) is 139 Å². The number of phenols is 3. The minimum absolute atomic E-state index is 0. The Balaban J connectivity index is 0.000000208. The summed E-state index contributed by atoms with van der Waals surface area (Å²) in [6.45, 7) is 10.4. The molecular formula is C90H107Cl3N8O22S2. The van der Waals surface area contributed by atoms with Crippen LogP contribution in [0.1, 0.15) is 180 Å². The summed E-state index contributed by atoms with van der Waals surface area (Å²) in [7, 11) is 9.96. The van der Waals surface area contributed by atoms with Gasteiger partial charge in [-0.25, -0.2) is 9.59 Å². The molecule has 6 aromatic carbocycles. The van der Waals surface area contributed by atoms with E-state index in [4.69, 9.17) is 96.4 Å². The Morgan fingerprint density at radius 3 is 1.34 bits per heavy atom. The maximum Gasteiger partial charge on any atom is 0.331 e. The molecule has 14 atom stereocenters. The van der Waals surface area contributed by atoms with Crippen molar-refractivity contribution in [1.82, 2.24) is 30.2 Å². The molecule has 6 aromatic rings. The predicted molar refractivity (Wildman–Crippen MR) is 468 cm³/mol. The molecule has 4 saturated heterocycles. The van der Waals surface area contributed by atoms with Crippen molar-refractivity contribution in [2.75, 3.05) is 106 Å². The lowest BCUT2D eigenvalue weighted by atomic mass is 9.71. The number of methoxy groups -OCH3 is 4. The zero-order valence-electron chi connectivity index (χ0n) is 68.4. The van der Waals surface area contributed by atoms with Gasteiger partial charge in [0.2, 0.25) is 18.8 Å². The van der Waals surface area contributed by atoms with Gasteiger partial charge in [0.25, 0.3) is 0 Å². The number of piperazine rings is 2. The molecular weight excluding hydrogens is 1720 g/mol. The Kier molecular flexibility index (Phi) is 28.0. The third-order valence-corrected chi connectivity index (χ3v) is 29.2. The van der Waals surface area contributed by atoms with Crippen molar-refractivity contribution in [1.29, 1.82) is 10.5 Å². The highest BCUT2D eigenvalue weighted by atomic mass is 35.5. The van der Waals surface area contributed by atoms with E-state index < -0.39 is 99.8 Å². The molecule has 2 unspecified atom stereocenters. The fourth-order valence-electron chi connectivity index (χ4n) is 20.8. The summed E-state index contributed by atoms with van der Waals surface area (Å²) in [5.41, 5.74) is 8.60. The molecule has 0 aliphatic carbocycles. The molecule has 4 fully saturated rings. The third-order valence-electron chi connectivity index (χ3n) is 25.7. The van der Waals surface area contributed by atoms with Crippen LogP contribution in [0, 0.1) is 50.4 Å². The van der Waals surface area contributed by atoms with Gasteiger partial charge in [-0.3, -0.25) is 49.4 Å². The average Bonchev–Trinajstić information content (AvgIpc) is 1.51. The van der Waals surface area contributed by atoms with Gasteiger partial charge in [-0.1, -0.05) is 41.8 Å². The van der Waals surface area contributed by atoms with Gasteiger partial charge in [0.05, 0.1) is 81.7 Å². The summed E-state index contributed by atoms with van der Waals surface area (Å²) >= 11 is 18.7. The van der Waals surface area contributed by atoms with Crippen LogP contribution in [0.25, 0.3) is 0 Å². The maximum atomic E-state index is 15.0. The zero-order chi connectivity index (χ0) is 86.0. The molecule has 0 saturated carbocycles. The van der Waals surface area contributed by atoms with Crippen LogP contribution in [0.2, 0.25) is 0 Å². The molecule has 2 spiro atoms. The molecule has 20 rings (SSSR count). The number of phenolic OH excluding ortho intramolecular Hbond substituents is 3. The van der Waals surface area contributed by atoms with Crippen LogP contribution >= 0.6 is 58.3 Å². The zero-order valence-corrected chi connectivity index (χ0v) is 72.3. The highest BCUT2D eigenvalue weighted by molar-refractivity contribution is 7.99. The Labute approximate surface area is 750 Å². The first-order valence-electron chi connectivity index (χ1n) is 39.7. The number of ether oxygens (including phenoxy) is 13. The first-order chi connectivity index (χ1) is 58.1. The molecule has 14 aliphatic rings. The van der Waals surface area contributed by atoms with Gasteiger partial charge in [-0.15, -0.1) is 46.7 Å². The summed E-state index contributed by atoms with van der Waals surface area (Å²) < 4.78 is 78.2. The molecule has 14 aliphatic heterocycles. The van der Waals surface area contributed by atoms with Crippen molar-refractivity contribution in [3.05, 3.63) is 125 Å². The number of halogens is 3. The number of esters is 5. The van der Waals surface area contributed by atoms with Gasteiger partial charge in [-0.2, -0.15) is 10.5 Å². The van der Waals surface area contributed by atoms with Gasteiger partial charge in [-0.05, 0) is 148 Å². The maximum absolute atomic E-state index is 15.0. The number of benzene rings is 6. The molecule has 0 radical (unpaired) electrons. The fourth-order valence-corrected chi connectivity index (χ4v) is 24.7. The highest BCUT2D eigenvalue weighted by Crippen LogP contribution is 2.68. The Morgan fingerprint density at radius 2 is 0.952 bits per heavy atom. The summed E-state index contributed by atoms with van der Waals surface area (Å²) in [5.74, 6) is 1.94. The monoisotopic (exact) mass is 1820 g/mol. The molecule has 14 heterocycles. The number of nitriles is 2. The minimum atomic E-state index is -1.43. The van der Waals surface area contributed by atoms with Crippen LogP contribution in [0.4, 0.5) is 0 Å². The number of aryl methyl sites for hydroxylation is 2. The number of nitrogens with one attached hydrogen (secondary N) is 2. The molecule has 35 heteroatoms. The number of alkyl halides is 2. The SMILES string of the molecule is C.C.C.C.COc1cc2c(cc1O)CCN[C@]21CS[C@@H]2c3c(OC(C)=O)c(C)c4c(c3[C@H](COC1=O)N1C2[C@H]2c3c(cc(C)c(OC)c3O)C[C@@H]([C@@H]1C#N)N2C)OCO4.COc1cc2c(cc1OC(=O)CCCl)CCN[C@]21CS[C@@H]2c3c(OC(C)=O)c(C)c4c(c3[C@H](COC1=O)N1C2[C@H]2c3c(cc(C)c(OC)c3O)C[C@@H]([C@@H]1C#N)N2C)OCO4.O=C(Cl)CCCl. The van der Waals surface area contributed by atoms with Crippen LogP contribution < -0.4 is 62.7 Å². The van der Waals surface area contributed by atoms with Crippen molar-refractivity contribution < 1.29 is 106 Å². The Morgan fingerprint density at radius 1 is 0.536 bits per heavy atom. The van der Waals surface area contributed by atoms with Gasteiger partial charge in [0, 0.05) is 125 Å². The lowest BCUT2D eigenvalue weighted by Gasteiger charge is -2.62. The van der Waals surface area contributed by atoms with Crippen LogP contribution in [-0.2, 0) is 75.0 Å². The van der Waals surface area contributed by atoms with Gasteiger partial charge < -0.3 is 76.9 Å². The second-order valence-corrected chi connectivity index (χ2v) is 35.3. The molecule has 30 nitrogen and oxygen atoms in total. The van der Waals surface area contributed by atoms with E-state index in [1.54, 1.807) is 24.3 Å². The number of hydrogen-bond donors (Lipinski definition) is 5. The number of carbonyl (C=O) groups is 6. The van der Waals surface area contributed by atoms with Crippen LogP contribution in [0.15, 0.2) is 36.4 Å². The number of aromatic hydroxyl groups is 3. The van der Waals surface area contributed by atoms with Crippen molar-refractivity contribution in [3.8, 4) is 92.6 Å². The molecule has 125 heavy (non-hydrogen) atoms. The first-order valence-corrected chi connectivity index (χ1v) is 43.2. The van der Waals surface area contributed by atoms with E-state index >= 15 is 0 Å². The highest BCUT2D eigenvalue weighted by Gasteiger charge is 2.65. The summed E-state index contributed by atoms with van der Waals surface area (Å²) in [6.07, 6.45) is 2.31. The minimum Gasteiger partial charge on any atom is -0.504 e. The summed E-state index contributed by atoms with van der Waals surface area (Å²) in [6, 6.07) is 10.5. The predicted octanol–water partition coefficient (Wildman–Crippen LogP) is 12.7. The number of carbonyl (C=O) groups excluding carboxylic acids is 6. The van der Waals surface area contributed by atoms with Crippen LogP contribution in [0.3, 0.4) is 0 Å². The van der Waals surface area contributed by atoms with Crippen LogP contribution in [0.5, 0.6) is 80.5 Å². The Hall–Kier alpha value is -9.55. The number of hydrogen-bond acceptors (Lipinski definition) is 32. The fraction of sp³-hybridized carbons (Fsp3) is 0.511. The van der Waals surface area contributed by atoms with Gasteiger partial charge >= 0.3 is 29.8 Å². The lowest BCUT2D eigenvalue weighted by molar-refractivity contribution is -0.158. The summed E-state index contributed by atoms with van der Waals surface area (Å²) in [5, 5.41) is 62.7. The van der Waals surface area contributed by atoms with E-state index in [1.807, 2.05) is 53.9 Å². The molecule has 8 bridgehead atoms. The number of rotatable bonds is 11. The van der Waals surface area contributed by atoms with E-state index in [2.05, 4.69) is 42.4 Å². The van der Waals surface area contributed by atoms with Crippen molar-refractivity contribution in [2.45, 2.75) is 192 Å². The van der Waals surface area contributed by atoms with E-state index in [9.17, 15) is 54.6 Å². The topological polar surface area (TPSA) is 368 Å². The van der Waals surface area contributed by atoms with Crippen molar-refractivity contribution >= 4 is 93.4 Å². The standard InChI is InChI=1S/C43H45ClN4O11S.C40H42N4O10S.C3H4Cl2O.4CH4/c1-19-11-23-12-25-26(15-45)48-27-16-55-42(52)43(24-14-28(53-5)29(59-30(50)7-9-44)13-22(24)8-10-46-43)17-60-41(35(48)34(47(25)4)31(23)36(51)37(19)54-6)33-32(27)40-39(56-18-57-40)20(2)38(33)58-21(3)49;1-17-9-21-10-23-24(13-41)44-25-14-51-39(48)40(22-12-27(49-5)26(46)11-20(22)7-8-42-40)15-55-38(32(44)31(43(23)4)28(21)33(47)34(17)50-6)30-29(25)37-36(52-16-53-37)18(2)35(30)54-19(3)45;4-2-1-3(5)6;;;;/h11,13-14,25-27,34-35,41,46,51H,7-10,12,16-18H2,1-6H3;9,11-12,23-25,31-32,38,42,46-47H,7-8,10,14-16H2,1-6H3;1-2H2;4*1H4/t25-,26-,27-,34+,35?,41+,43+;23-,24-,25-,31+,32?,38+,40+;;;;;/m00...../s1. The lowest BCUT2D eigenvalue weighted by Crippen LogP contribution is -2.69. The first kappa shape index (κ1) is 94.6. The number of likely N-dealkylation sites (N-methyl/N-ethyl adjacent to an activating group) is 2. The second kappa shape index (κ2) is 37.0. The van der Waals surface area contributed by atoms with Crippen LogP contribution in [-0.4, -0.2) is 212 Å². The van der Waals surface area contributed by atoms with Gasteiger partial charge in [0.1, 0.15) is 36.8 Å². The largest absolute Gasteiger partial charge is 0.504 e. The quantitative estimate of drug-likeness (QED) is 0.0348. The molecule has 5 N–H and O–H groups in total. The normalized spacial score (nSPS) is 26.3. The molecule has 672 valence electrons. The smallest absolute Gasteiger partial charge is 0.331 e. The number of nitrogens with zero attached hydrogens (tertiary/aromatic N) is 6. The van der Waals surface area contributed by atoms with E-state index in [0.29, 0.717) is 146 Å². The number of fused-ring (bicyclic) bond motifs is 18. The molecule has 0 amide bonds. The van der Waals surface area contributed by atoms with Gasteiger partial charge in [0.15, 0.2) is 80.1 Å². The van der Waals surface area contributed by atoms with Crippen molar-refractivity contribution in [3.63, 3.8) is 0 Å². The van der Waals surface area contributed by atoms with E-state index in [0.717, 1.165) is 33.4 Å². The average molecular weight is 1820 g/mol.